The van der Waals surface area contributed by atoms with Crippen molar-refractivity contribution in [1.82, 2.24) is 0 Å². The van der Waals surface area contributed by atoms with Crippen molar-refractivity contribution in [1.29, 1.82) is 0 Å². The van der Waals surface area contributed by atoms with Crippen molar-refractivity contribution in [3.8, 4) is 5.75 Å². The standard InChI is InChI=1S/C15H15NO3S/c1-20(17,18)15-9-5-3-7-12(15)16-13-10-19-14-8-4-2-6-11(13)14/h2-9,13,16H,10H2,1H3. The number of hydrogen-bond acceptors (Lipinski definition) is 4. The van der Waals surface area contributed by atoms with Gasteiger partial charge in [0.1, 0.15) is 12.4 Å². The highest BCUT2D eigenvalue weighted by molar-refractivity contribution is 7.90. The maximum Gasteiger partial charge on any atom is 0.177 e. The summed E-state index contributed by atoms with van der Waals surface area (Å²) in [6.45, 7) is 0.497. The largest absolute Gasteiger partial charge is 0.491 e. The van der Waals surface area contributed by atoms with Gasteiger partial charge in [0.15, 0.2) is 9.84 Å². The summed E-state index contributed by atoms with van der Waals surface area (Å²) in [7, 11) is -3.26. The third-order valence-electron chi connectivity index (χ3n) is 3.32. The number of anilines is 1. The fraction of sp³-hybridized carbons (Fsp3) is 0.200. The normalized spacial score (nSPS) is 17.4. The number of ether oxygens (including phenoxy) is 1. The molecular formula is C15H15NO3S. The molecule has 3 rings (SSSR count). The molecule has 1 N–H and O–H groups in total. The van der Waals surface area contributed by atoms with Crippen LogP contribution in [-0.4, -0.2) is 21.3 Å². The lowest BCUT2D eigenvalue weighted by atomic mass is 10.1. The van der Waals surface area contributed by atoms with E-state index in [-0.39, 0.29) is 6.04 Å². The molecule has 0 aliphatic carbocycles. The summed E-state index contributed by atoms with van der Waals surface area (Å²) >= 11 is 0. The van der Waals surface area contributed by atoms with Gasteiger partial charge in [-0.15, -0.1) is 0 Å². The zero-order valence-electron chi connectivity index (χ0n) is 11.0. The molecule has 0 aromatic heterocycles. The first-order chi connectivity index (χ1) is 9.55. The predicted molar refractivity (Wildman–Crippen MR) is 77.9 cm³/mol. The van der Waals surface area contributed by atoms with Crippen molar-refractivity contribution >= 4 is 15.5 Å². The van der Waals surface area contributed by atoms with E-state index in [0.29, 0.717) is 17.2 Å². The first-order valence-electron chi connectivity index (χ1n) is 6.33. The van der Waals surface area contributed by atoms with Gasteiger partial charge < -0.3 is 10.1 Å². The summed E-state index contributed by atoms with van der Waals surface area (Å²) < 4.78 is 29.2. The first-order valence-corrected chi connectivity index (χ1v) is 8.22. The molecule has 1 atom stereocenters. The van der Waals surface area contributed by atoms with E-state index in [1.54, 1.807) is 18.2 Å². The Labute approximate surface area is 118 Å². The van der Waals surface area contributed by atoms with Gasteiger partial charge in [0.05, 0.1) is 16.6 Å². The van der Waals surface area contributed by atoms with E-state index < -0.39 is 9.84 Å². The molecule has 2 aromatic rings. The second-order valence-electron chi connectivity index (χ2n) is 4.81. The molecule has 0 saturated heterocycles. The molecule has 0 spiro atoms. The quantitative estimate of drug-likeness (QED) is 0.943. The molecule has 0 radical (unpaired) electrons. The van der Waals surface area contributed by atoms with E-state index >= 15 is 0 Å². The maximum atomic E-state index is 11.8. The predicted octanol–water partition coefficient (Wildman–Crippen LogP) is 2.64. The molecule has 2 aromatic carbocycles. The molecular weight excluding hydrogens is 274 g/mol. The third kappa shape index (κ3) is 2.36. The van der Waals surface area contributed by atoms with Crippen LogP contribution in [-0.2, 0) is 9.84 Å². The molecule has 1 unspecified atom stereocenters. The Morgan fingerprint density at radius 3 is 2.60 bits per heavy atom. The number of para-hydroxylation sites is 2. The molecule has 0 fully saturated rings. The Bertz CT molecular complexity index is 740. The Morgan fingerprint density at radius 1 is 1.10 bits per heavy atom. The summed E-state index contributed by atoms with van der Waals surface area (Å²) in [5.74, 6) is 0.849. The summed E-state index contributed by atoms with van der Waals surface area (Å²) in [6, 6.07) is 14.7. The Hall–Kier alpha value is -2.01. The lowest BCUT2D eigenvalue weighted by molar-refractivity contribution is 0.339. The molecule has 1 aliphatic rings. The second kappa shape index (κ2) is 4.83. The minimum atomic E-state index is -3.26. The van der Waals surface area contributed by atoms with Crippen molar-refractivity contribution < 1.29 is 13.2 Å². The zero-order chi connectivity index (χ0) is 14.2. The summed E-state index contributed by atoms with van der Waals surface area (Å²) in [6.07, 6.45) is 1.21. The highest BCUT2D eigenvalue weighted by Crippen LogP contribution is 2.35. The van der Waals surface area contributed by atoms with Gasteiger partial charge >= 0.3 is 0 Å². The van der Waals surface area contributed by atoms with Crippen LogP contribution in [0.2, 0.25) is 0 Å². The minimum Gasteiger partial charge on any atom is -0.491 e. The van der Waals surface area contributed by atoms with Gasteiger partial charge in [0.2, 0.25) is 0 Å². The van der Waals surface area contributed by atoms with Crippen LogP contribution in [0.5, 0.6) is 5.75 Å². The number of rotatable bonds is 3. The topological polar surface area (TPSA) is 55.4 Å². The van der Waals surface area contributed by atoms with Crippen LogP contribution >= 0.6 is 0 Å². The van der Waals surface area contributed by atoms with E-state index in [1.165, 1.54) is 6.26 Å². The van der Waals surface area contributed by atoms with E-state index in [9.17, 15) is 8.42 Å². The van der Waals surface area contributed by atoms with E-state index in [1.807, 2.05) is 30.3 Å². The third-order valence-corrected chi connectivity index (χ3v) is 4.47. The molecule has 104 valence electrons. The fourth-order valence-corrected chi connectivity index (χ4v) is 3.23. The Kier molecular flexibility index (Phi) is 3.14. The molecule has 4 nitrogen and oxygen atoms in total. The van der Waals surface area contributed by atoms with Crippen LogP contribution < -0.4 is 10.1 Å². The average Bonchev–Trinajstić information content (AvgIpc) is 2.82. The number of sulfone groups is 1. The van der Waals surface area contributed by atoms with Gasteiger partial charge in [0, 0.05) is 11.8 Å². The zero-order valence-corrected chi connectivity index (χ0v) is 11.9. The van der Waals surface area contributed by atoms with Gasteiger partial charge in [-0.2, -0.15) is 0 Å². The lowest BCUT2D eigenvalue weighted by Crippen LogP contribution is -2.14. The van der Waals surface area contributed by atoms with Gasteiger partial charge in [-0.25, -0.2) is 8.42 Å². The Balaban J connectivity index is 1.94. The molecule has 1 aliphatic heterocycles. The van der Waals surface area contributed by atoms with E-state index in [4.69, 9.17) is 4.74 Å². The van der Waals surface area contributed by atoms with E-state index in [2.05, 4.69) is 5.32 Å². The van der Waals surface area contributed by atoms with Crippen molar-refractivity contribution in [2.24, 2.45) is 0 Å². The highest BCUT2D eigenvalue weighted by Gasteiger charge is 2.25. The number of nitrogens with one attached hydrogen (secondary N) is 1. The monoisotopic (exact) mass is 289 g/mol. The van der Waals surface area contributed by atoms with Gasteiger partial charge in [-0.05, 0) is 18.2 Å². The molecule has 20 heavy (non-hydrogen) atoms. The summed E-state index contributed by atoms with van der Waals surface area (Å²) in [5.41, 5.74) is 1.66. The maximum absolute atomic E-state index is 11.8. The molecule has 0 saturated carbocycles. The highest BCUT2D eigenvalue weighted by atomic mass is 32.2. The van der Waals surface area contributed by atoms with Gasteiger partial charge in [-0.1, -0.05) is 30.3 Å². The second-order valence-corrected chi connectivity index (χ2v) is 6.80. The Morgan fingerprint density at radius 2 is 1.80 bits per heavy atom. The number of fused-ring (bicyclic) bond motifs is 1. The smallest absolute Gasteiger partial charge is 0.177 e. The SMILES string of the molecule is CS(=O)(=O)c1ccccc1NC1COc2ccccc21. The fourth-order valence-electron chi connectivity index (χ4n) is 2.38. The van der Waals surface area contributed by atoms with E-state index in [0.717, 1.165) is 11.3 Å². The summed E-state index contributed by atoms with van der Waals surface area (Å²) in [5, 5.41) is 3.27. The van der Waals surface area contributed by atoms with Crippen LogP contribution in [0.3, 0.4) is 0 Å². The molecule has 0 amide bonds. The van der Waals surface area contributed by atoms with Crippen molar-refractivity contribution in [2.45, 2.75) is 10.9 Å². The van der Waals surface area contributed by atoms with Crippen molar-refractivity contribution in [2.75, 3.05) is 18.2 Å². The van der Waals surface area contributed by atoms with Crippen molar-refractivity contribution in [3.63, 3.8) is 0 Å². The van der Waals surface area contributed by atoms with Crippen LogP contribution in [0, 0.1) is 0 Å². The van der Waals surface area contributed by atoms with Gasteiger partial charge in [-0.3, -0.25) is 0 Å². The lowest BCUT2D eigenvalue weighted by Gasteiger charge is -2.15. The number of hydrogen-bond donors (Lipinski definition) is 1. The van der Waals surface area contributed by atoms with Crippen LogP contribution in [0.25, 0.3) is 0 Å². The van der Waals surface area contributed by atoms with Gasteiger partial charge in [0.25, 0.3) is 0 Å². The minimum absolute atomic E-state index is 0.0332. The first kappa shape index (κ1) is 13.0. The molecule has 5 heteroatoms. The van der Waals surface area contributed by atoms with Crippen molar-refractivity contribution in [3.05, 3.63) is 54.1 Å². The van der Waals surface area contributed by atoms with Crippen LogP contribution in [0.4, 0.5) is 5.69 Å². The van der Waals surface area contributed by atoms with Crippen LogP contribution in [0.1, 0.15) is 11.6 Å². The average molecular weight is 289 g/mol. The molecule has 0 bridgehead atoms. The number of benzene rings is 2. The summed E-state index contributed by atoms with van der Waals surface area (Å²) in [4.78, 5) is 0.310. The molecule has 1 heterocycles. The van der Waals surface area contributed by atoms with Crippen LogP contribution in [0.15, 0.2) is 53.4 Å².